The molecule has 1 aliphatic heterocycles. The molecule has 3 rings (SSSR count). The van der Waals surface area contributed by atoms with Gasteiger partial charge >= 0.3 is 0 Å². The van der Waals surface area contributed by atoms with Crippen LogP contribution in [0.15, 0.2) is 24.3 Å². The zero-order valence-electron chi connectivity index (χ0n) is 16.0. The summed E-state index contributed by atoms with van der Waals surface area (Å²) in [4.78, 5) is 0. The van der Waals surface area contributed by atoms with E-state index >= 15 is 0 Å². The van der Waals surface area contributed by atoms with Crippen LogP contribution in [0.3, 0.4) is 0 Å². The molecule has 0 aliphatic carbocycles. The van der Waals surface area contributed by atoms with Gasteiger partial charge in [0.15, 0.2) is 23.0 Å². The number of hydrogen-bond donors (Lipinski definition) is 0. The Morgan fingerprint density at radius 1 is 0.692 bits per heavy atom. The summed E-state index contributed by atoms with van der Waals surface area (Å²) in [5.74, 6) is 2.23. The quantitative estimate of drug-likeness (QED) is 0.506. The number of benzene rings is 2. The van der Waals surface area contributed by atoms with Gasteiger partial charge < -0.3 is 9.47 Å². The van der Waals surface area contributed by atoms with Gasteiger partial charge in [0.05, 0.1) is 11.1 Å². The van der Waals surface area contributed by atoms with Crippen molar-refractivity contribution < 1.29 is 9.47 Å². The molecule has 0 radical (unpaired) electrons. The van der Waals surface area contributed by atoms with Crippen LogP contribution in [-0.2, 0) is 10.8 Å². The summed E-state index contributed by atoms with van der Waals surface area (Å²) >= 11 is 0. The number of fused-ring (bicyclic) bond motifs is 2. The van der Waals surface area contributed by atoms with E-state index < -0.39 is 0 Å². The van der Waals surface area contributed by atoms with Crippen molar-refractivity contribution in [1.29, 1.82) is 10.5 Å². The molecule has 0 fully saturated rings. The average molecular weight is 346 g/mol. The van der Waals surface area contributed by atoms with Crippen molar-refractivity contribution in [1.82, 2.24) is 0 Å². The highest BCUT2D eigenvalue weighted by atomic mass is 16.6. The molecule has 26 heavy (non-hydrogen) atoms. The fourth-order valence-electron chi connectivity index (χ4n) is 2.91. The zero-order chi connectivity index (χ0) is 19.3. The van der Waals surface area contributed by atoms with Gasteiger partial charge in [-0.05, 0) is 22.5 Å². The van der Waals surface area contributed by atoms with Crippen molar-refractivity contribution in [2.45, 2.75) is 52.4 Å². The maximum Gasteiger partial charge on any atom is 0.173 e. The molecule has 1 aliphatic rings. The molecule has 0 bridgehead atoms. The number of nitriles is 2. The lowest BCUT2D eigenvalue weighted by atomic mass is 9.80. The van der Waals surface area contributed by atoms with E-state index in [2.05, 4.69) is 47.6 Å². The lowest BCUT2D eigenvalue weighted by Crippen LogP contribution is -2.18. The van der Waals surface area contributed by atoms with Crippen molar-refractivity contribution in [3.05, 3.63) is 46.5 Å². The molecule has 0 aromatic heterocycles. The van der Waals surface area contributed by atoms with E-state index in [-0.39, 0.29) is 22.0 Å². The fourth-order valence-corrected chi connectivity index (χ4v) is 2.91. The third kappa shape index (κ3) is 3.00. The Balaban J connectivity index is 2.22. The molecule has 2 aromatic carbocycles. The zero-order valence-corrected chi connectivity index (χ0v) is 16.0. The molecule has 0 spiro atoms. The fraction of sp³-hybridized carbons (Fsp3) is 0.364. The van der Waals surface area contributed by atoms with Crippen LogP contribution in [0.25, 0.3) is 0 Å². The highest BCUT2D eigenvalue weighted by molar-refractivity contribution is 5.64. The Bertz CT molecular complexity index is 978. The molecule has 132 valence electrons. The largest absolute Gasteiger partial charge is 0.449 e. The maximum atomic E-state index is 9.26. The highest BCUT2D eigenvalue weighted by Crippen LogP contribution is 2.51. The van der Waals surface area contributed by atoms with Crippen LogP contribution in [0.2, 0.25) is 0 Å². The van der Waals surface area contributed by atoms with Crippen LogP contribution >= 0.6 is 0 Å². The SMILES string of the molecule is CC(C)(C)c1cc2c(c(C(C)(C)C)c1)Oc1cc(C#N)c(C#N)cc1O2. The van der Waals surface area contributed by atoms with E-state index in [1.165, 1.54) is 0 Å². The molecule has 0 saturated carbocycles. The minimum atomic E-state index is -0.142. The number of rotatable bonds is 0. The molecule has 0 atom stereocenters. The van der Waals surface area contributed by atoms with Crippen molar-refractivity contribution in [3.8, 4) is 35.1 Å². The number of ether oxygens (including phenoxy) is 2. The van der Waals surface area contributed by atoms with E-state index in [0.717, 1.165) is 11.1 Å². The molecule has 4 nitrogen and oxygen atoms in total. The van der Waals surface area contributed by atoms with Crippen molar-refractivity contribution in [2.75, 3.05) is 0 Å². The van der Waals surface area contributed by atoms with Gasteiger partial charge in [0, 0.05) is 17.7 Å². The second-order valence-electron chi connectivity index (χ2n) is 8.62. The molecule has 0 amide bonds. The Hall–Kier alpha value is -2.98. The predicted octanol–water partition coefficient (Wildman–Crippen LogP) is 5.92. The predicted molar refractivity (Wildman–Crippen MR) is 99.9 cm³/mol. The molecule has 0 saturated heterocycles. The summed E-state index contributed by atoms with van der Waals surface area (Å²) in [7, 11) is 0. The molecule has 4 heteroatoms. The smallest absolute Gasteiger partial charge is 0.173 e. The van der Waals surface area contributed by atoms with Crippen LogP contribution in [0, 0.1) is 22.7 Å². The summed E-state index contributed by atoms with van der Waals surface area (Å²) < 4.78 is 12.3. The second kappa shape index (κ2) is 5.78. The second-order valence-corrected chi connectivity index (χ2v) is 8.62. The van der Waals surface area contributed by atoms with Gasteiger partial charge in [-0.3, -0.25) is 0 Å². The van der Waals surface area contributed by atoms with Crippen molar-refractivity contribution in [3.63, 3.8) is 0 Å². The third-order valence-corrected chi connectivity index (χ3v) is 4.49. The van der Waals surface area contributed by atoms with Gasteiger partial charge in [-0.15, -0.1) is 0 Å². The Kier molecular flexibility index (Phi) is 3.97. The first-order valence-electron chi connectivity index (χ1n) is 8.57. The molecule has 0 unspecified atom stereocenters. The molecule has 1 heterocycles. The molecular formula is C22H22N2O2. The van der Waals surface area contributed by atoms with Gasteiger partial charge in [-0.25, -0.2) is 0 Å². The Labute approximate surface area is 154 Å². The van der Waals surface area contributed by atoms with Crippen LogP contribution in [0.1, 0.15) is 63.8 Å². The van der Waals surface area contributed by atoms with E-state index in [1.807, 2.05) is 18.2 Å². The minimum absolute atomic E-state index is 0.0405. The maximum absolute atomic E-state index is 9.26. The van der Waals surface area contributed by atoms with Gasteiger partial charge in [-0.1, -0.05) is 47.6 Å². The van der Waals surface area contributed by atoms with Gasteiger partial charge in [0.25, 0.3) is 0 Å². The van der Waals surface area contributed by atoms with Crippen LogP contribution in [0.5, 0.6) is 23.0 Å². The summed E-state index contributed by atoms with van der Waals surface area (Å²) in [6.45, 7) is 12.9. The van der Waals surface area contributed by atoms with Crippen LogP contribution < -0.4 is 9.47 Å². The monoisotopic (exact) mass is 346 g/mol. The molecular weight excluding hydrogens is 324 g/mol. The Morgan fingerprint density at radius 2 is 1.23 bits per heavy atom. The van der Waals surface area contributed by atoms with Gasteiger partial charge in [-0.2, -0.15) is 10.5 Å². The van der Waals surface area contributed by atoms with Gasteiger partial charge in [0.1, 0.15) is 12.1 Å². The van der Waals surface area contributed by atoms with Crippen molar-refractivity contribution >= 4 is 0 Å². The summed E-state index contributed by atoms with van der Waals surface area (Å²) in [5.41, 5.74) is 2.58. The van der Waals surface area contributed by atoms with Gasteiger partial charge in [0.2, 0.25) is 0 Å². The first kappa shape index (κ1) is 17.8. The normalized spacial score (nSPS) is 12.8. The standard InChI is InChI=1S/C22H22N2O2/c1-21(2,3)15-9-16(22(4,5)6)20-19(10-15)25-17-7-13(11-23)14(12-24)8-18(17)26-20/h7-10H,1-6H3. The summed E-state index contributed by atoms with van der Waals surface area (Å²) in [6.07, 6.45) is 0. The van der Waals surface area contributed by atoms with Crippen molar-refractivity contribution in [2.24, 2.45) is 0 Å². The van der Waals surface area contributed by atoms with Crippen LogP contribution in [-0.4, -0.2) is 0 Å². The summed E-state index contributed by atoms with van der Waals surface area (Å²) in [6, 6.07) is 11.4. The van der Waals surface area contributed by atoms with Crippen LogP contribution in [0.4, 0.5) is 0 Å². The van der Waals surface area contributed by atoms with E-state index in [4.69, 9.17) is 9.47 Å². The lowest BCUT2D eigenvalue weighted by Gasteiger charge is -2.31. The summed E-state index contributed by atoms with van der Waals surface area (Å²) in [5, 5.41) is 18.5. The molecule has 2 aromatic rings. The van der Waals surface area contributed by atoms with E-state index in [9.17, 15) is 10.5 Å². The molecule has 0 N–H and O–H groups in total. The third-order valence-electron chi connectivity index (χ3n) is 4.49. The Morgan fingerprint density at radius 3 is 1.69 bits per heavy atom. The first-order valence-corrected chi connectivity index (χ1v) is 8.57. The lowest BCUT2D eigenvalue weighted by molar-refractivity contribution is 0.348. The highest BCUT2D eigenvalue weighted by Gasteiger charge is 2.31. The average Bonchev–Trinajstić information content (AvgIpc) is 2.55. The first-order chi connectivity index (χ1) is 12.0. The minimum Gasteiger partial charge on any atom is -0.449 e. The van der Waals surface area contributed by atoms with E-state index in [1.54, 1.807) is 12.1 Å². The topological polar surface area (TPSA) is 66.0 Å². The van der Waals surface area contributed by atoms with E-state index in [0.29, 0.717) is 23.0 Å². The number of nitrogens with zero attached hydrogens (tertiary/aromatic N) is 2. The number of hydrogen-bond acceptors (Lipinski definition) is 4.